The monoisotopic (exact) mass is 267 g/mol. The molecular formula is C15H22FNO2. The first-order valence-corrected chi connectivity index (χ1v) is 6.35. The predicted octanol–water partition coefficient (Wildman–Crippen LogP) is 2.80. The fourth-order valence-electron chi connectivity index (χ4n) is 1.77. The van der Waals surface area contributed by atoms with E-state index in [-0.39, 0.29) is 11.2 Å². The van der Waals surface area contributed by atoms with Crippen LogP contribution in [-0.4, -0.2) is 24.2 Å². The Kier molecular flexibility index (Phi) is 4.69. The number of halogens is 1. The molecule has 0 radical (unpaired) electrons. The molecular weight excluding hydrogens is 245 g/mol. The van der Waals surface area contributed by atoms with Crippen molar-refractivity contribution < 1.29 is 14.3 Å². The fraction of sp³-hybridized carbons (Fsp3) is 0.533. The lowest BCUT2D eigenvalue weighted by Gasteiger charge is -2.28. The van der Waals surface area contributed by atoms with E-state index in [1.807, 2.05) is 13.8 Å². The van der Waals surface area contributed by atoms with Crippen LogP contribution in [0.15, 0.2) is 24.3 Å². The van der Waals surface area contributed by atoms with Gasteiger partial charge in [-0.05, 0) is 31.5 Å². The molecule has 0 bridgehead atoms. The third-order valence-electron chi connectivity index (χ3n) is 3.34. The third-order valence-corrected chi connectivity index (χ3v) is 3.34. The summed E-state index contributed by atoms with van der Waals surface area (Å²) in [6, 6.07) is 6.41. The van der Waals surface area contributed by atoms with Crippen molar-refractivity contribution in [3.05, 3.63) is 35.6 Å². The molecule has 1 aromatic rings. The minimum Gasteiger partial charge on any atom is -0.481 e. The Morgan fingerprint density at radius 3 is 2.16 bits per heavy atom. The fourth-order valence-corrected chi connectivity index (χ4v) is 1.77. The van der Waals surface area contributed by atoms with Crippen LogP contribution >= 0.6 is 0 Å². The Balaban J connectivity index is 2.61. The van der Waals surface area contributed by atoms with E-state index < -0.39 is 11.4 Å². The van der Waals surface area contributed by atoms with Gasteiger partial charge in [0.1, 0.15) is 5.82 Å². The van der Waals surface area contributed by atoms with Crippen LogP contribution in [0.5, 0.6) is 0 Å². The number of aliphatic carboxylic acids is 1. The summed E-state index contributed by atoms with van der Waals surface area (Å²) < 4.78 is 12.9. The van der Waals surface area contributed by atoms with Crippen LogP contribution in [0.3, 0.4) is 0 Å². The van der Waals surface area contributed by atoms with Gasteiger partial charge in [-0.3, -0.25) is 4.79 Å². The predicted molar refractivity (Wildman–Crippen MR) is 73.7 cm³/mol. The highest BCUT2D eigenvalue weighted by atomic mass is 19.1. The summed E-state index contributed by atoms with van der Waals surface area (Å²) in [5.41, 5.74) is 0.0516. The summed E-state index contributed by atoms with van der Waals surface area (Å²) in [7, 11) is 0. The van der Waals surface area contributed by atoms with Gasteiger partial charge >= 0.3 is 5.97 Å². The average Bonchev–Trinajstić information content (AvgIpc) is 2.28. The van der Waals surface area contributed by atoms with E-state index in [1.54, 1.807) is 26.0 Å². The topological polar surface area (TPSA) is 49.3 Å². The van der Waals surface area contributed by atoms with Gasteiger partial charge in [0, 0.05) is 18.5 Å². The van der Waals surface area contributed by atoms with Crippen LogP contribution in [0.4, 0.5) is 4.39 Å². The van der Waals surface area contributed by atoms with Crippen LogP contribution in [-0.2, 0) is 10.2 Å². The summed E-state index contributed by atoms with van der Waals surface area (Å²) >= 11 is 0. The number of carboxylic acid groups (broad SMARTS) is 1. The molecule has 0 saturated carbocycles. The molecule has 0 atom stereocenters. The molecule has 0 saturated heterocycles. The zero-order valence-corrected chi connectivity index (χ0v) is 12.0. The maximum absolute atomic E-state index is 12.9. The average molecular weight is 267 g/mol. The summed E-state index contributed by atoms with van der Waals surface area (Å²) in [5, 5.41) is 12.2. The second-order valence-corrected chi connectivity index (χ2v) is 6.18. The summed E-state index contributed by atoms with van der Waals surface area (Å²) in [6.07, 6.45) is 0. The lowest BCUT2D eigenvalue weighted by Crippen LogP contribution is -2.41. The SMILES string of the molecule is CC(C)(CNCC(C)(C)c1ccc(F)cc1)C(=O)O. The first-order valence-electron chi connectivity index (χ1n) is 6.35. The van der Waals surface area contributed by atoms with Crippen molar-refractivity contribution in [2.45, 2.75) is 33.1 Å². The number of hydrogen-bond donors (Lipinski definition) is 2. The van der Waals surface area contributed by atoms with E-state index in [1.165, 1.54) is 12.1 Å². The van der Waals surface area contributed by atoms with E-state index >= 15 is 0 Å². The van der Waals surface area contributed by atoms with E-state index in [4.69, 9.17) is 5.11 Å². The van der Waals surface area contributed by atoms with Crippen LogP contribution in [0.1, 0.15) is 33.3 Å². The molecule has 1 aromatic carbocycles. The Morgan fingerprint density at radius 2 is 1.68 bits per heavy atom. The largest absolute Gasteiger partial charge is 0.481 e. The van der Waals surface area contributed by atoms with E-state index in [0.29, 0.717) is 13.1 Å². The van der Waals surface area contributed by atoms with Crippen molar-refractivity contribution in [3.63, 3.8) is 0 Å². The van der Waals surface area contributed by atoms with Gasteiger partial charge < -0.3 is 10.4 Å². The first kappa shape index (κ1) is 15.6. The third kappa shape index (κ3) is 4.31. The quantitative estimate of drug-likeness (QED) is 0.833. The maximum Gasteiger partial charge on any atom is 0.310 e. The van der Waals surface area contributed by atoms with Gasteiger partial charge in [-0.25, -0.2) is 4.39 Å². The number of carbonyl (C=O) groups is 1. The summed E-state index contributed by atoms with van der Waals surface area (Å²) in [6.45, 7) is 8.49. The zero-order chi connectivity index (χ0) is 14.7. The van der Waals surface area contributed by atoms with Gasteiger partial charge in [0.25, 0.3) is 0 Å². The van der Waals surface area contributed by atoms with Crippen LogP contribution in [0, 0.1) is 11.2 Å². The maximum atomic E-state index is 12.9. The molecule has 4 heteroatoms. The van der Waals surface area contributed by atoms with Crippen molar-refractivity contribution in [1.29, 1.82) is 0 Å². The normalized spacial score (nSPS) is 12.5. The van der Waals surface area contributed by atoms with E-state index in [9.17, 15) is 9.18 Å². The minimum absolute atomic E-state index is 0.178. The Morgan fingerprint density at radius 1 is 1.16 bits per heavy atom. The molecule has 0 fully saturated rings. The molecule has 2 N–H and O–H groups in total. The smallest absolute Gasteiger partial charge is 0.310 e. The standard InChI is InChI=1S/C15H22FNO2/c1-14(2,11-5-7-12(16)8-6-11)9-17-10-15(3,4)13(18)19/h5-8,17H,9-10H2,1-4H3,(H,18,19). The van der Waals surface area contributed by atoms with Gasteiger partial charge in [0.05, 0.1) is 5.41 Å². The highest BCUT2D eigenvalue weighted by Crippen LogP contribution is 2.23. The first-order chi connectivity index (χ1) is 8.65. The van der Waals surface area contributed by atoms with Gasteiger partial charge in [-0.1, -0.05) is 26.0 Å². The molecule has 1 rings (SSSR count). The number of carboxylic acids is 1. The van der Waals surface area contributed by atoms with Gasteiger partial charge in [-0.2, -0.15) is 0 Å². The Bertz CT molecular complexity index is 438. The van der Waals surface area contributed by atoms with Crippen molar-refractivity contribution in [2.75, 3.05) is 13.1 Å². The lowest BCUT2D eigenvalue weighted by atomic mass is 9.84. The molecule has 0 aliphatic carbocycles. The molecule has 0 heterocycles. The molecule has 0 aromatic heterocycles. The van der Waals surface area contributed by atoms with E-state index in [2.05, 4.69) is 5.32 Å². The molecule has 0 unspecified atom stereocenters. The van der Waals surface area contributed by atoms with Crippen molar-refractivity contribution in [3.8, 4) is 0 Å². The second-order valence-electron chi connectivity index (χ2n) is 6.18. The second kappa shape index (κ2) is 5.70. The van der Waals surface area contributed by atoms with Crippen LogP contribution in [0.25, 0.3) is 0 Å². The van der Waals surface area contributed by atoms with Gasteiger partial charge in [0.2, 0.25) is 0 Å². The zero-order valence-electron chi connectivity index (χ0n) is 12.0. The van der Waals surface area contributed by atoms with Gasteiger partial charge in [0.15, 0.2) is 0 Å². The molecule has 19 heavy (non-hydrogen) atoms. The minimum atomic E-state index is -0.820. The van der Waals surface area contributed by atoms with Gasteiger partial charge in [-0.15, -0.1) is 0 Å². The Labute approximate surface area is 113 Å². The van der Waals surface area contributed by atoms with E-state index in [0.717, 1.165) is 5.56 Å². The highest BCUT2D eigenvalue weighted by molar-refractivity contribution is 5.73. The molecule has 0 spiro atoms. The molecule has 0 amide bonds. The number of rotatable bonds is 6. The molecule has 0 aliphatic rings. The summed E-state index contributed by atoms with van der Waals surface area (Å²) in [5.74, 6) is -1.07. The van der Waals surface area contributed by atoms with Crippen molar-refractivity contribution in [2.24, 2.45) is 5.41 Å². The number of benzene rings is 1. The summed E-state index contributed by atoms with van der Waals surface area (Å²) in [4.78, 5) is 11.0. The molecule has 0 aliphatic heterocycles. The number of nitrogens with one attached hydrogen (secondary N) is 1. The van der Waals surface area contributed by atoms with Crippen LogP contribution < -0.4 is 5.32 Å². The van der Waals surface area contributed by atoms with Crippen molar-refractivity contribution >= 4 is 5.97 Å². The molecule has 106 valence electrons. The van der Waals surface area contributed by atoms with Crippen LogP contribution in [0.2, 0.25) is 0 Å². The van der Waals surface area contributed by atoms with Crippen molar-refractivity contribution in [1.82, 2.24) is 5.32 Å². The lowest BCUT2D eigenvalue weighted by molar-refractivity contribution is -0.146. The Hall–Kier alpha value is -1.42. The number of hydrogen-bond acceptors (Lipinski definition) is 2. The highest BCUT2D eigenvalue weighted by Gasteiger charge is 2.28. The molecule has 3 nitrogen and oxygen atoms in total.